The maximum Gasteiger partial charge on any atom is 0.331 e. The normalized spacial score (nSPS) is 39.1. The van der Waals surface area contributed by atoms with E-state index in [1.807, 2.05) is 6.92 Å². The Morgan fingerprint density at radius 2 is 1.96 bits per heavy atom. The molecule has 11 heteroatoms. The molecule has 11 nitrogen and oxygen atoms in total. The minimum atomic E-state index is -1.01. The van der Waals surface area contributed by atoms with E-state index in [0.29, 0.717) is 37.0 Å². The molecule has 3 heterocycles. The van der Waals surface area contributed by atoms with Crippen molar-refractivity contribution in [3.63, 3.8) is 0 Å². The van der Waals surface area contributed by atoms with Crippen LogP contribution in [-0.2, 0) is 42.8 Å². The summed E-state index contributed by atoms with van der Waals surface area (Å²) in [4.78, 5) is 37.3. The molecule has 252 valence electrons. The van der Waals surface area contributed by atoms with Crippen LogP contribution in [0.25, 0.3) is 0 Å². The summed E-state index contributed by atoms with van der Waals surface area (Å²) in [6.45, 7) is 8.37. The van der Waals surface area contributed by atoms with E-state index in [0.717, 1.165) is 12.5 Å². The Bertz CT molecular complexity index is 1340. The molecular formula is C35H46O11. The Labute approximate surface area is 269 Å². The Morgan fingerprint density at radius 1 is 1.17 bits per heavy atom. The van der Waals surface area contributed by atoms with Gasteiger partial charge in [-0.25, -0.2) is 14.4 Å². The number of carboxylic acids is 1. The summed E-state index contributed by atoms with van der Waals surface area (Å²) in [7, 11) is 0. The molecular weight excluding hydrogens is 596 g/mol. The van der Waals surface area contributed by atoms with Crippen molar-refractivity contribution in [2.24, 2.45) is 10.8 Å². The lowest BCUT2D eigenvalue weighted by atomic mass is 9.51. The predicted octanol–water partition coefficient (Wildman–Crippen LogP) is 3.76. The highest BCUT2D eigenvalue weighted by Crippen LogP contribution is 2.72. The van der Waals surface area contributed by atoms with Gasteiger partial charge >= 0.3 is 17.9 Å². The Hall–Kier alpha value is -3.09. The number of rotatable bonds is 7. The lowest BCUT2D eigenvalue weighted by Gasteiger charge is -2.58. The van der Waals surface area contributed by atoms with E-state index in [4.69, 9.17) is 33.5 Å². The monoisotopic (exact) mass is 642 g/mol. The van der Waals surface area contributed by atoms with Gasteiger partial charge < -0.3 is 38.6 Å². The predicted molar refractivity (Wildman–Crippen MR) is 166 cm³/mol. The van der Waals surface area contributed by atoms with Crippen LogP contribution >= 0.6 is 0 Å². The van der Waals surface area contributed by atoms with E-state index in [-0.39, 0.29) is 45.1 Å². The van der Waals surface area contributed by atoms with Crippen molar-refractivity contribution in [1.82, 2.24) is 0 Å². The van der Waals surface area contributed by atoms with Gasteiger partial charge in [0.05, 0.1) is 50.2 Å². The Balaban J connectivity index is 1.39. The molecule has 0 amide bonds. The van der Waals surface area contributed by atoms with Crippen LogP contribution in [0.4, 0.5) is 0 Å². The maximum absolute atomic E-state index is 13.2. The first-order valence-corrected chi connectivity index (χ1v) is 16.1. The molecule has 2 spiro atoms. The van der Waals surface area contributed by atoms with Crippen molar-refractivity contribution in [3.05, 3.63) is 59.3 Å². The SMILES string of the molecule is CC1=C[C@H]2O[C@@H]3C[C@H]4OC(=O)/C=C/C=C[C@H]([C@@H](C)OCC/C(C)=C/C(=O)O)OCC/C(CO)=C/C(=O)OC[C@@]2(CC1)[C@]4(C)[C@]31CO1. The topological polar surface area (TPSA) is 150 Å². The van der Waals surface area contributed by atoms with Crippen LogP contribution in [0.2, 0.25) is 0 Å². The minimum Gasteiger partial charge on any atom is -0.478 e. The van der Waals surface area contributed by atoms with Crippen LogP contribution in [0.3, 0.4) is 0 Å². The summed E-state index contributed by atoms with van der Waals surface area (Å²) in [5, 5.41) is 19.0. The van der Waals surface area contributed by atoms with Gasteiger partial charge in [-0.05, 0) is 52.0 Å². The molecule has 46 heavy (non-hydrogen) atoms. The molecule has 0 aromatic carbocycles. The van der Waals surface area contributed by atoms with Crippen LogP contribution < -0.4 is 0 Å². The fourth-order valence-corrected chi connectivity index (χ4v) is 7.68. The zero-order chi connectivity index (χ0) is 33.1. The smallest absolute Gasteiger partial charge is 0.331 e. The second-order valence-corrected chi connectivity index (χ2v) is 13.3. The lowest BCUT2D eigenvalue weighted by molar-refractivity contribution is -0.232. The second-order valence-electron chi connectivity index (χ2n) is 13.3. The van der Waals surface area contributed by atoms with E-state index < -0.39 is 52.7 Å². The lowest BCUT2D eigenvalue weighted by Crippen LogP contribution is -2.66. The van der Waals surface area contributed by atoms with Gasteiger partial charge in [-0.1, -0.05) is 42.4 Å². The van der Waals surface area contributed by atoms with E-state index >= 15 is 0 Å². The van der Waals surface area contributed by atoms with Gasteiger partial charge in [0, 0.05) is 30.1 Å². The molecule has 0 radical (unpaired) electrons. The number of hydrogen-bond acceptors (Lipinski definition) is 10. The largest absolute Gasteiger partial charge is 0.478 e. The van der Waals surface area contributed by atoms with E-state index in [9.17, 15) is 19.5 Å². The van der Waals surface area contributed by atoms with Crippen LogP contribution in [0, 0.1) is 10.8 Å². The number of aliphatic hydroxyl groups excluding tert-OH is 1. The third-order valence-corrected chi connectivity index (χ3v) is 10.6. The third kappa shape index (κ3) is 6.66. The molecule has 0 unspecified atom stereocenters. The summed E-state index contributed by atoms with van der Waals surface area (Å²) < 4.78 is 36.9. The van der Waals surface area contributed by atoms with Crippen molar-refractivity contribution in [1.29, 1.82) is 0 Å². The number of aliphatic carboxylic acids is 1. The second kappa shape index (κ2) is 13.9. The zero-order valence-corrected chi connectivity index (χ0v) is 27.1. The standard InChI is InChI=1S/C35H46O11/c1-22-9-12-34-20-43-32(40)17-25(19-36)11-14-42-26(24(3)41-13-10-23(2)16-30(37)38)7-5-6-8-31(39)46-27-18-29(45-28(34)15-22)35(21-44-35)33(27,34)4/h5-8,15-17,24,26-29,36H,9-14,18-21H2,1-4H3,(H,37,38)/b7-5?,8-6+,23-16+,25-17-/t24-,26-,27-,28-,29-,33-,34-,35+/m1/s1. The van der Waals surface area contributed by atoms with E-state index in [1.165, 1.54) is 17.7 Å². The van der Waals surface area contributed by atoms with E-state index in [1.54, 1.807) is 25.2 Å². The Kier molecular flexibility index (Phi) is 10.4. The summed E-state index contributed by atoms with van der Waals surface area (Å²) in [6.07, 6.45) is 11.6. The Morgan fingerprint density at radius 3 is 2.67 bits per heavy atom. The van der Waals surface area contributed by atoms with Gasteiger partial charge in [0.25, 0.3) is 0 Å². The number of ether oxygens (including phenoxy) is 6. The molecule has 8 atom stereocenters. The first-order chi connectivity index (χ1) is 21.9. The number of carboxylic acid groups (broad SMARTS) is 1. The van der Waals surface area contributed by atoms with Crippen molar-refractivity contribution in [3.8, 4) is 0 Å². The van der Waals surface area contributed by atoms with Crippen LogP contribution in [-0.4, -0.2) is 97.3 Å². The van der Waals surface area contributed by atoms with Crippen molar-refractivity contribution in [2.75, 3.05) is 33.0 Å². The number of carbonyl (C=O) groups excluding carboxylic acids is 2. The quantitative estimate of drug-likeness (QED) is 0.181. The average Bonchev–Trinajstić information content (AvgIpc) is 3.78. The minimum absolute atomic E-state index is 0.0466. The molecule has 2 saturated heterocycles. The van der Waals surface area contributed by atoms with Gasteiger partial charge in [-0.3, -0.25) is 0 Å². The fraction of sp³-hybridized carbons (Fsp3) is 0.629. The van der Waals surface area contributed by atoms with Crippen LogP contribution in [0.15, 0.2) is 59.3 Å². The molecule has 2 aliphatic carbocycles. The van der Waals surface area contributed by atoms with Gasteiger partial charge in [-0.15, -0.1) is 0 Å². The molecule has 2 bridgehead atoms. The summed E-state index contributed by atoms with van der Waals surface area (Å²) in [5.74, 6) is -2.08. The number of aliphatic hydroxyl groups is 1. The number of allylic oxidation sites excluding steroid dienone is 3. The molecule has 5 aliphatic rings. The van der Waals surface area contributed by atoms with Crippen molar-refractivity contribution >= 4 is 17.9 Å². The van der Waals surface area contributed by atoms with Crippen LogP contribution in [0.1, 0.15) is 59.8 Å². The fourth-order valence-electron chi connectivity index (χ4n) is 7.68. The number of carbonyl (C=O) groups is 3. The number of cyclic esters (lactones) is 1. The van der Waals surface area contributed by atoms with Crippen molar-refractivity contribution in [2.45, 2.75) is 95.9 Å². The number of hydrogen-bond donors (Lipinski definition) is 2. The third-order valence-electron chi connectivity index (χ3n) is 10.6. The summed E-state index contributed by atoms with van der Waals surface area (Å²) in [5.41, 5.74) is 0.349. The highest BCUT2D eigenvalue weighted by molar-refractivity contribution is 5.83. The molecule has 0 aromatic rings. The average molecular weight is 643 g/mol. The van der Waals surface area contributed by atoms with Gasteiger partial charge in [0.15, 0.2) is 0 Å². The molecule has 3 fully saturated rings. The summed E-state index contributed by atoms with van der Waals surface area (Å²) >= 11 is 0. The molecule has 0 aromatic heterocycles. The molecule has 2 N–H and O–H groups in total. The highest BCUT2D eigenvalue weighted by atomic mass is 16.6. The van der Waals surface area contributed by atoms with Crippen LogP contribution in [0.5, 0.6) is 0 Å². The van der Waals surface area contributed by atoms with Gasteiger partial charge in [0.2, 0.25) is 0 Å². The van der Waals surface area contributed by atoms with E-state index in [2.05, 4.69) is 19.9 Å². The number of epoxide rings is 1. The number of esters is 2. The first-order valence-electron chi connectivity index (χ1n) is 16.1. The van der Waals surface area contributed by atoms with Gasteiger partial charge in [0.1, 0.15) is 24.4 Å². The first kappa shape index (κ1) is 34.3. The summed E-state index contributed by atoms with van der Waals surface area (Å²) in [6, 6.07) is 0. The van der Waals surface area contributed by atoms with Crippen molar-refractivity contribution < 1.29 is 53.0 Å². The maximum atomic E-state index is 13.2. The molecule has 1 saturated carbocycles. The zero-order valence-electron chi connectivity index (χ0n) is 27.1. The highest BCUT2D eigenvalue weighted by Gasteiger charge is 2.83. The molecule has 5 rings (SSSR count). The molecule has 3 aliphatic heterocycles. The van der Waals surface area contributed by atoms with Gasteiger partial charge in [-0.2, -0.15) is 0 Å².